The number of para-hydroxylation sites is 1. The topological polar surface area (TPSA) is 108 Å². The number of carbonyl (C=O) groups is 3. The molecule has 3 amide bonds. The van der Waals surface area contributed by atoms with Gasteiger partial charge in [0.2, 0.25) is 11.8 Å². The molecular formula is C24H37N3O5. The number of aromatic hydroxyl groups is 1. The minimum absolute atomic E-state index is 0.0487. The van der Waals surface area contributed by atoms with E-state index in [2.05, 4.69) is 17.6 Å². The predicted octanol–water partition coefficient (Wildman–Crippen LogP) is 3.64. The Balaban J connectivity index is 2.27. The van der Waals surface area contributed by atoms with Gasteiger partial charge < -0.3 is 25.4 Å². The van der Waals surface area contributed by atoms with Crippen LogP contribution in [0.1, 0.15) is 78.3 Å². The zero-order valence-electron chi connectivity index (χ0n) is 19.8. The highest BCUT2D eigenvalue weighted by molar-refractivity contribution is 5.92. The summed E-state index contributed by atoms with van der Waals surface area (Å²) in [4.78, 5) is 40.4. The first-order chi connectivity index (χ1) is 15.0. The Morgan fingerprint density at radius 1 is 1.19 bits per heavy atom. The zero-order chi connectivity index (χ0) is 23.9. The van der Waals surface area contributed by atoms with Crippen molar-refractivity contribution in [1.82, 2.24) is 15.5 Å². The molecule has 2 atom stereocenters. The summed E-state index contributed by atoms with van der Waals surface area (Å²) in [5.41, 5.74) is -0.329. The van der Waals surface area contributed by atoms with Gasteiger partial charge in [0.15, 0.2) is 0 Å². The second kappa shape index (κ2) is 11.2. The smallest absolute Gasteiger partial charge is 0.408 e. The van der Waals surface area contributed by atoms with Crippen molar-refractivity contribution in [1.29, 1.82) is 0 Å². The molecule has 1 aliphatic rings. The van der Waals surface area contributed by atoms with E-state index in [-0.39, 0.29) is 17.7 Å². The molecule has 8 heteroatoms. The number of phenols is 1. The number of ether oxygens (including phenoxy) is 1. The number of nitrogens with zero attached hydrogens (tertiary/aromatic N) is 1. The number of benzene rings is 1. The molecule has 2 rings (SSSR count). The number of alkyl carbamates (subject to hydrolysis) is 1. The van der Waals surface area contributed by atoms with E-state index in [0.717, 1.165) is 32.1 Å². The Morgan fingerprint density at radius 2 is 1.84 bits per heavy atom. The Kier molecular flexibility index (Phi) is 8.92. The van der Waals surface area contributed by atoms with Crippen molar-refractivity contribution in [2.45, 2.75) is 90.4 Å². The van der Waals surface area contributed by atoms with Gasteiger partial charge in [-0.3, -0.25) is 9.59 Å². The van der Waals surface area contributed by atoms with Crippen LogP contribution in [0.4, 0.5) is 4.79 Å². The summed E-state index contributed by atoms with van der Waals surface area (Å²) < 4.78 is 5.26. The van der Waals surface area contributed by atoms with Crippen molar-refractivity contribution >= 4 is 17.9 Å². The van der Waals surface area contributed by atoms with Gasteiger partial charge in [-0.1, -0.05) is 38.0 Å². The third-order valence-electron chi connectivity index (χ3n) is 5.14. The fourth-order valence-electron chi connectivity index (χ4n) is 3.46. The molecule has 0 saturated heterocycles. The Bertz CT molecular complexity index is 801. The lowest BCUT2D eigenvalue weighted by molar-refractivity contribution is -0.143. The molecule has 32 heavy (non-hydrogen) atoms. The first-order valence-corrected chi connectivity index (χ1v) is 11.4. The zero-order valence-corrected chi connectivity index (χ0v) is 19.8. The van der Waals surface area contributed by atoms with E-state index in [9.17, 15) is 19.5 Å². The second-order valence-electron chi connectivity index (χ2n) is 9.30. The van der Waals surface area contributed by atoms with Crippen LogP contribution in [0, 0.1) is 0 Å². The summed E-state index contributed by atoms with van der Waals surface area (Å²) in [5.74, 6) is -0.782. The van der Waals surface area contributed by atoms with E-state index >= 15 is 0 Å². The van der Waals surface area contributed by atoms with Crippen LogP contribution in [-0.4, -0.2) is 52.1 Å². The minimum atomic E-state index is -0.985. The number of unbranched alkanes of at least 4 members (excludes halogenated alkanes) is 2. The molecule has 3 N–H and O–H groups in total. The SMILES string of the molecule is CCCCCNC(=O)C(c1ccccc1O)N(C(=O)C(C)NC(=O)OC(C)(C)C)C1CC1. The summed E-state index contributed by atoms with van der Waals surface area (Å²) in [7, 11) is 0. The van der Waals surface area contributed by atoms with Crippen LogP contribution in [0.3, 0.4) is 0 Å². The maximum Gasteiger partial charge on any atom is 0.408 e. The van der Waals surface area contributed by atoms with Gasteiger partial charge in [0, 0.05) is 18.2 Å². The molecule has 8 nitrogen and oxygen atoms in total. The van der Waals surface area contributed by atoms with Crippen LogP contribution in [-0.2, 0) is 14.3 Å². The number of phenolic OH excluding ortho intramolecular Hbond substituents is 1. The number of hydrogen-bond acceptors (Lipinski definition) is 5. The quantitative estimate of drug-likeness (QED) is 0.475. The third kappa shape index (κ3) is 7.43. The fourth-order valence-corrected chi connectivity index (χ4v) is 3.46. The van der Waals surface area contributed by atoms with E-state index in [0.29, 0.717) is 12.1 Å². The van der Waals surface area contributed by atoms with Gasteiger partial charge in [-0.25, -0.2) is 4.79 Å². The van der Waals surface area contributed by atoms with E-state index in [4.69, 9.17) is 4.74 Å². The third-order valence-corrected chi connectivity index (χ3v) is 5.14. The van der Waals surface area contributed by atoms with Gasteiger partial charge in [0.25, 0.3) is 0 Å². The number of hydrogen-bond donors (Lipinski definition) is 3. The number of nitrogens with one attached hydrogen (secondary N) is 2. The Hall–Kier alpha value is -2.77. The van der Waals surface area contributed by atoms with Gasteiger partial charge in [-0.2, -0.15) is 0 Å². The van der Waals surface area contributed by atoms with Gasteiger partial charge >= 0.3 is 6.09 Å². The highest BCUT2D eigenvalue weighted by Crippen LogP contribution is 2.38. The first kappa shape index (κ1) is 25.5. The van der Waals surface area contributed by atoms with Gasteiger partial charge in [-0.15, -0.1) is 0 Å². The molecule has 178 valence electrons. The van der Waals surface area contributed by atoms with Crippen molar-refractivity contribution in [2.24, 2.45) is 0 Å². The molecule has 0 heterocycles. The summed E-state index contributed by atoms with van der Waals surface area (Å²) >= 11 is 0. The van der Waals surface area contributed by atoms with Gasteiger partial charge in [0.05, 0.1) is 0 Å². The molecule has 0 radical (unpaired) electrons. The molecule has 1 aromatic rings. The van der Waals surface area contributed by atoms with E-state index in [1.807, 2.05) is 0 Å². The van der Waals surface area contributed by atoms with Crippen LogP contribution >= 0.6 is 0 Å². The number of amides is 3. The fraction of sp³-hybridized carbons (Fsp3) is 0.625. The Morgan fingerprint density at radius 3 is 2.41 bits per heavy atom. The van der Waals surface area contributed by atoms with Crippen molar-refractivity contribution in [3.8, 4) is 5.75 Å². The normalized spacial score (nSPS) is 15.4. The highest BCUT2D eigenvalue weighted by atomic mass is 16.6. The minimum Gasteiger partial charge on any atom is -0.508 e. The van der Waals surface area contributed by atoms with Crippen LogP contribution in [0.5, 0.6) is 5.75 Å². The standard InChI is InChI=1S/C24H37N3O5/c1-6-7-10-15-25-21(29)20(18-11-8-9-12-19(18)28)27(17-13-14-17)22(30)16(2)26-23(31)32-24(3,4)5/h8-9,11-12,16-17,20,28H,6-7,10,13-15H2,1-5H3,(H,25,29)(H,26,31). The molecule has 1 aromatic carbocycles. The molecule has 0 aromatic heterocycles. The predicted molar refractivity (Wildman–Crippen MR) is 122 cm³/mol. The molecular weight excluding hydrogens is 410 g/mol. The second-order valence-corrected chi connectivity index (χ2v) is 9.30. The molecule has 1 fully saturated rings. The molecule has 2 unspecified atom stereocenters. The number of carbonyl (C=O) groups excluding carboxylic acids is 3. The van der Waals surface area contributed by atoms with Crippen LogP contribution in [0.15, 0.2) is 24.3 Å². The van der Waals surface area contributed by atoms with Crippen LogP contribution in [0.25, 0.3) is 0 Å². The Labute approximate surface area is 190 Å². The largest absolute Gasteiger partial charge is 0.508 e. The van der Waals surface area contributed by atoms with E-state index in [1.165, 1.54) is 11.0 Å². The lowest BCUT2D eigenvalue weighted by Gasteiger charge is -2.34. The molecule has 1 aliphatic carbocycles. The van der Waals surface area contributed by atoms with Crippen molar-refractivity contribution in [2.75, 3.05) is 6.54 Å². The van der Waals surface area contributed by atoms with Crippen molar-refractivity contribution in [3.63, 3.8) is 0 Å². The summed E-state index contributed by atoms with van der Waals surface area (Å²) in [6.45, 7) is 9.38. The first-order valence-electron chi connectivity index (χ1n) is 11.4. The molecule has 0 aliphatic heterocycles. The van der Waals surface area contributed by atoms with Gasteiger partial charge in [-0.05, 0) is 53.0 Å². The van der Waals surface area contributed by atoms with Crippen molar-refractivity contribution < 1.29 is 24.2 Å². The van der Waals surface area contributed by atoms with Crippen molar-refractivity contribution in [3.05, 3.63) is 29.8 Å². The molecule has 1 saturated carbocycles. The monoisotopic (exact) mass is 447 g/mol. The molecule has 0 spiro atoms. The van der Waals surface area contributed by atoms with Crippen LogP contribution in [0.2, 0.25) is 0 Å². The number of rotatable bonds is 10. The average Bonchev–Trinajstić information content (AvgIpc) is 3.53. The lowest BCUT2D eigenvalue weighted by atomic mass is 10.0. The summed E-state index contributed by atoms with van der Waals surface area (Å²) in [6, 6.07) is 4.55. The molecule has 0 bridgehead atoms. The summed E-state index contributed by atoms with van der Waals surface area (Å²) in [5, 5.41) is 16.0. The maximum absolute atomic E-state index is 13.4. The maximum atomic E-state index is 13.4. The van der Waals surface area contributed by atoms with E-state index < -0.39 is 29.7 Å². The highest BCUT2D eigenvalue weighted by Gasteiger charge is 2.43. The van der Waals surface area contributed by atoms with Crippen LogP contribution < -0.4 is 10.6 Å². The van der Waals surface area contributed by atoms with Gasteiger partial charge in [0.1, 0.15) is 23.4 Å². The summed E-state index contributed by atoms with van der Waals surface area (Å²) in [6.07, 6.45) is 3.68. The average molecular weight is 448 g/mol. The lowest BCUT2D eigenvalue weighted by Crippen LogP contribution is -2.52. The van der Waals surface area contributed by atoms with E-state index in [1.54, 1.807) is 45.9 Å².